The standard InChI is InChI=1S/C24H35N3O2/c1-4-5-6-7-12-29-24(28)26-19-9-11-23-21(14-19)20-13-18(8-10-22(20)27-23)16-25-15-17(2)3/h4-5,9,11,14,17-18,25,27H,6-8,10,12-13,15-16H2,1-3H3,(H,26,28)/b5-4+. The van der Waals surface area contributed by atoms with Crippen LogP contribution in [0.15, 0.2) is 30.4 Å². The lowest BCUT2D eigenvalue weighted by atomic mass is 9.86. The molecule has 29 heavy (non-hydrogen) atoms. The van der Waals surface area contributed by atoms with E-state index in [-0.39, 0.29) is 6.09 Å². The number of aromatic nitrogens is 1. The second-order valence-corrected chi connectivity index (χ2v) is 8.48. The third kappa shape index (κ3) is 6.10. The number of anilines is 1. The first-order valence-electron chi connectivity index (χ1n) is 11.0. The Morgan fingerprint density at radius 2 is 2.24 bits per heavy atom. The maximum atomic E-state index is 12.1. The summed E-state index contributed by atoms with van der Waals surface area (Å²) < 4.78 is 5.28. The highest BCUT2D eigenvalue weighted by molar-refractivity contribution is 5.92. The fourth-order valence-electron chi connectivity index (χ4n) is 4.00. The molecule has 1 aromatic heterocycles. The third-order valence-corrected chi connectivity index (χ3v) is 5.51. The average molecular weight is 398 g/mol. The number of benzene rings is 1. The van der Waals surface area contributed by atoms with Crippen LogP contribution in [-0.2, 0) is 17.6 Å². The number of nitrogens with one attached hydrogen (secondary N) is 3. The van der Waals surface area contributed by atoms with Gasteiger partial charge in [0.2, 0.25) is 0 Å². The fourth-order valence-corrected chi connectivity index (χ4v) is 4.00. The van der Waals surface area contributed by atoms with Gasteiger partial charge in [-0.3, -0.25) is 5.32 Å². The fraction of sp³-hybridized carbons (Fsp3) is 0.542. The second-order valence-electron chi connectivity index (χ2n) is 8.48. The van der Waals surface area contributed by atoms with Crippen molar-refractivity contribution in [3.8, 4) is 0 Å². The predicted molar refractivity (Wildman–Crippen MR) is 121 cm³/mol. The van der Waals surface area contributed by atoms with Gasteiger partial charge in [-0.15, -0.1) is 0 Å². The number of aromatic amines is 1. The van der Waals surface area contributed by atoms with Gasteiger partial charge in [-0.1, -0.05) is 26.0 Å². The van der Waals surface area contributed by atoms with Crippen LogP contribution in [0, 0.1) is 11.8 Å². The van der Waals surface area contributed by atoms with Crippen molar-refractivity contribution in [1.29, 1.82) is 0 Å². The molecule has 5 heteroatoms. The molecule has 0 saturated carbocycles. The van der Waals surface area contributed by atoms with Gasteiger partial charge in [-0.05, 0) is 87.7 Å². The summed E-state index contributed by atoms with van der Waals surface area (Å²) in [7, 11) is 0. The summed E-state index contributed by atoms with van der Waals surface area (Å²) in [6, 6.07) is 6.07. The lowest BCUT2D eigenvalue weighted by Crippen LogP contribution is -2.29. The molecule has 1 aromatic carbocycles. The summed E-state index contributed by atoms with van der Waals surface area (Å²) in [5.74, 6) is 1.35. The zero-order valence-corrected chi connectivity index (χ0v) is 18.0. The summed E-state index contributed by atoms with van der Waals surface area (Å²) in [5.41, 5.74) is 4.70. The van der Waals surface area contributed by atoms with Crippen LogP contribution in [0.2, 0.25) is 0 Å². The summed E-state index contributed by atoms with van der Waals surface area (Å²) in [6.45, 7) is 9.06. The minimum Gasteiger partial charge on any atom is -0.449 e. The van der Waals surface area contributed by atoms with Crippen molar-refractivity contribution in [2.45, 2.75) is 52.9 Å². The molecule has 1 atom stereocenters. The Balaban J connectivity index is 1.60. The molecule has 158 valence electrons. The number of carbonyl (C=O) groups excluding carboxylic acids is 1. The number of carbonyl (C=O) groups is 1. The van der Waals surface area contributed by atoms with Gasteiger partial charge in [-0.2, -0.15) is 0 Å². The minimum atomic E-state index is -0.384. The van der Waals surface area contributed by atoms with Crippen LogP contribution in [0.3, 0.4) is 0 Å². The molecule has 1 unspecified atom stereocenters. The molecule has 1 amide bonds. The van der Waals surface area contributed by atoms with E-state index in [1.54, 1.807) is 0 Å². The van der Waals surface area contributed by atoms with E-state index in [0.29, 0.717) is 18.4 Å². The smallest absolute Gasteiger partial charge is 0.411 e. The molecular weight excluding hydrogens is 362 g/mol. The quantitative estimate of drug-likeness (QED) is 0.391. The van der Waals surface area contributed by atoms with Crippen LogP contribution in [0.1, 0.15) is 51.3 Å². The number of rotatable bonds is 9. The Morgan fingerprint density at radius 1 is 1.38 bits per heavy atom. The Bertz CT molecular complexity index is 838. The maximum Gasteiger partial charge on any atom is 0.411 e. The van der Waals surface area contributed by atoms with E-state index in [0.717, 1.165) is 50.0 Å². The molecule has 0 aliphatic heterocycles. The van der Waals surface area contributed by atoms with Crippen LogP contribution < -0.4 is 10.6 Å². The van der Waals surface area contributed by atoms with E-state index in [1.807, 2.05) is 19.1 Å². The molecule has 3 rings (SSSR count). The van der Waals surface area contributed by atoms with Gasteiger partial charge in [0.1, 0.15) is 0 Å². The number of aryl methyl sites for hydroxylation is 1. The molecule has 0 bridgehead atoms. The molecule has 0 radical (unpaired) electrons. The minimum absolute atomic E-state index is 0.384. The summed E-state index contributed by atoms with van der Waals surface area (Å²) in [6.07, 6.45) is 8.87. The monoisotopic (exact) mass is 397 g/mol. The van der Waals surface area contributed by atoms with Gasteiger partial charge in [0.25, 0.3) is 0 Å². The highest BCUT2D eigenvalue weighted by Crippen LogP contribution is 2.33. The van der Waals surface area contributed by atoms with E-state index < -0.39 is 0 Å². The van der Waals surface area contributed by atoms with Crippen LogP contribution in [0.4, 0.5) is 10.5 Å². The first kappa shape index (κ1) is 21.4. The van der Waals surface area contributed by atoms with Crippen LogP contribution in [0.25, 0.3) is 10.9 Å². The highest BCUT2D eigenvalue weighted by atomic mass is 16.5. The first-order chi connectivity index (χ1) is 14.1. The van der Waals surface area contributed by atoms with Crippen molar-refractivity contribution in [2.24, 2.45) is 11.8 Å². The molecule has 5 nitrogen and oxygen atoms in total. The van der Waals surface area contributed by atoms with Crippen molar-refractivity contribution in [1.82, 2.24) is 10.3 Å². The largest absolute Gasteiger partial charge is 0.449 e. The topological polar surface area (TPSA) is 66.1 Å². The number of allylic oxidation sites excluding steroid dienone is 2. The molecule has 1 aliphatic rings. The molecular formula is C24H35N3O2. The zero-order chi connectivity index (χ0) is 20.6. The number of fused-ring (bicyclic) bond motifs is 3. The van der Waals surface area contributed by atoms with Crippen molar-refractivity contribution < 1.29 is 9.53 Å². The molecule has 1 heterocycles. The lowest BCUT2D eigenvalue weighted by molar-refractivity contribution is 0.160. The summed E-state index contributed by atoms with van der Waals surface area (Å²) >= 11 is 0. The van der Waals surface area contributed by atoms with Gasteiger partial charge < -0.3 is 15.0 Å². The normalized spacial score (nSPS) is 16.5. The van der Waals surface area contributed by atoms with Crippen molar-refractivity contribution in [3.63, 3.8) is 0 Å². The molecule has 3 N–H and O–H groups in total. The van der Waals surface area contributed by atoms with E-state index in [4.69, 9.17) is 4.74 Å². The number of H-pyrrole nitrogens is 1. The van der Waals surface area contributed by atoms with Gasteiger partial charge in [0.15, 0.2) is 0 Å². The van der Waals surface area contributed by atoms with Crippen molar-refractivity contribution in [2.75, 3.05) is 25.0 Å². The average Bonchev–Trinajstić information content (AvgIpc) is 3.05. The number of unbranched alkanes of at least 4 members (excludes halogenated alkanes) is 1. The Hall–Kier alpha value is -2.27. The number of hydrogen-bond donors (Lipinski definition) is 3. The van der Waals surface area contributed by atoms with Gasteiger partial charge >= 0.3 is 6.09 Å². The molecule has 0 spiro atoms. The van der Waals surface area contributed by atoms with Crippen LogP contribution in [-0.4, -0.2) is 30.8 Å². The van der Waals surface area contributed by atoms with E-state index in [2.05, 4.69) is 47.7 Å². The Kier molecular flexibility index (Phi) is 7.76. The zero-order valence-electron chi connectivity index (χ0n) is 18.0. The number of hydrogen-bond acceptors (Lipinski definition) is 3. The lowest BCUT2D eigenvalue weighted by Gasteiger charge is -2.23. The predicted octanol–water partition coefficient (Wildman–Crippen LogP) is 5.42. The SMILES string of the molecule is C/C=C/CCCOC(=O)Nc1ccc2[nH]c3c(c2c1)CC(CNCC(C)C)CC3. The number of amides is 1. The Morgan fingerprint density at radius 3 is 3.03 bits per heavy atom. The van der Waals surface area contributed by atoms with Gasteiger partial charge in [0.05, 0.1) is 6.61 Å². The summed E-state index contributed by atoms with van der Waals surface area (Å²) in [5, 5.41) is 7.70. The van der Waals surface area contributed by atoms with E-state index in [9.17, 15) is 4.79 Å². The van der Waals surface area contributed by atoms with Crippen LogP contribution >= 0.6 is 0 Å². The van der Waals surface area contributed by atoms with Crippen molar-refractivity contribution >= 4 is 22.7 Å². The van der Waals surface area contributed by atoms with Crippen molar-refractivity contribution in [3.05, 3.63) is 41.6 Å². The Labute approximate surface area is 174 Å². The molecule has 0 saturated heterocycles. The third-order valence-electron chi connectivity index (χ3n) is 5.51. The van der Waals surface area contributed by atoms with Gasteiger partial charge in [0, 0.05) is 22.3 Å². The molecule has 2 aromatic rings. The molecule has 1 aliphatic carbocycles. The molecule has 0 fully saturated rings. The van der Waals surface area contributed by atoms with Crippen LogP contribution in [0.5, 0.6) is 0 Å². The first-order valence-corrected chi connectivity index (χ1v) is 11.0. The van der Waals surface area contributed by atoms with Gasteiger partial charge in [-0.25, -0.2) is 4.79 Å². The number of ether oxygens (including phenoxy) is 1. The van der Waals surface area contributed by atoms with E-state index >= 15 is 0 Å². The summed E-state index contributed by atoms with van der Waals surface area (Å²) in [4.78, 5) is 15.6. The highest BCUT2D eigenvalue weighted by Gasteiger charge is 2.22. The second kappa shape index (κ2) is 10.5. The van der Waals surface area contributed by atoms with E-state index in [1.165, 1.54) is 23.1 Å². The maximum absolute atomic E-state index is 12.1.